The molecule has 1 saturated carbocycles. The van der Waals surface area contributed by atoms with Crippen LogP contribution in [0.15, 0.2) is 48.7 Å². The van der Waals surface area contributed by atoms with Crippen LogP contribution in [-0.2, 0) is 9.59 Å². The summed E-state index contributed by atoms with van der Waals surface area (Å²) >= 11 is 0. The summed E-state index contributed by atoms with van der Waals surface area (Å²) < 4.78 is 27.1. The van der Waals surface area contributed by atoms with Crippen molar-refractivity contribution in [1.29, 1.82) is 0 Å². The number of halogens is 2. The maximum atomic E-state index is 13.8. The first-order chi connectivity index (χ1) is 16.4. The molecular weight excluding hydrogens is 438 g/mol. The van der Waals surface area contributed by atoms with Gasteiger partial charge in [0.25, 0.3) is 0 Å². The van der Waals surface area contributed by atoms with Gasteiger partial charge >= 0.3 is 0 Å². The van der Waals surface area contributed by atoms with Gasteiger partial charge in [0.1, 0.15) is 17.5 Å². The number of rotatable bonds is 4. The molecule has 2 amide bonds. The molecule has 1 unspecified atom stereocenters. The molecular formula is C26H28F2N4O2. The summed E-state index contributed by atoms with van der Waals surface area (Å²) in [5.41, 5.74) is 0.0579. The van der Waals surface area contributed by atoms with Gasteiger partial charge < -0.3 is 14.7 Å². The van der Waals surface area contributed by atoms with Gasteiger partial charge in [-0.1, -0.05) is 6.07 Å². The van der Waals surface area contributed by atoms with Gasteiger partial charge in [0.05, 0.1) is 0 Å². The average molecular weight is 467 g/mol. The van der Waals surface area contributed by atoms with Crippen LogP contribution in [0.5, 0.6) is 0 Å². The number of piperazine rings is 1. The van der Waals surface area contributed by atoms with E-state index in [2.05, 4.69) is 9.88 Å². The van der Waals surface area contributed by atoms with Crippen molar-refractivity contribution in [3.05, 3.63) is 65.9 Å². The molecule has 178 valence electrons. The minimum Gasteiger partial charge on any atom is -0.353 e. The Bertz CT molecular complexity index is 1090. The Morgan fingerprint density at radius 1 is 0.971 bits per heavy atom. The zero-order valence-corrected chi connectivity index (χ0v) is 19.0. The largest absolute Gasteiger partial charge is 0.353 e. The van der Waals surface area contributed by atoms with E-state index in [1.165, 1.54) is 12.2 Å². The summed E-state index contributed by atoms with van der Waals surface area (Å²) in [4.78, 5) is 36.0. The number of carbonyl (C=O) groups excluding carboxylic acids is 2. The molecule has 1 aromatic carbocycles. The molecule has 2 aromatic rings. The van der Waals surface area contributed by atoms with Crippen LogP contribution >= 0.6 is 0 Å². The monoisotopic (exact) mass is 466 g/mol. The highest BCUT2D eigenvalue weighted by Crippen LogP contribution is 2.60. The van der Waals surface area contributed by atoms with Crippen LogP contribution in [0, 0.1) is 23.0 Å². The predicted octanol–water partition coefficient (Wildman–Crippen LogP) is 3.35. The van der Waals surface area contributed by atoms with Crippen LogP contribution < -0.4 is 4.90 Å². The summed E-state index contributed by atoms with van der Waals surface area (Å²) in [5.74, 6) is -0.0966. The second-order valence-corrected chi connectivity index (χ2v) is 9.44. The Labute approximate surface area is 197 Å². The highest BCUT2D eigenvalue weighted by atomic mass is 19.1. The molecule has 1 spiro atoms. The minimum absolute atomic E-state index is 0.00433. The molecule has 1 atom stereocenters. The molecule has 34 heavy (non-hydrogen) atoms. The number of hydrogen-bond donors (Lipinski definition) is 0. The van der Waals surface area contributed by atoms with E-state index in [1.807, 2.05) is 23.1 Å². The Balaban J connectivity index is 1.11. The molecule has 3 fully saturated rings. The number of benzene rings is 1. The Hall–Kier alpha value is -3.29. The number of nitrogens with zero attached hydrogens (tertiary/aromatic N) is 4. The summed E-state index contributed by atoms with van der Waals surface area (Å²) in [6, 6.07) is 9.03. The van der Waals surface area contributed by atoms with Gasteiger partial charge in [-0.2, -0.15) is 0 Å². The Morgan fingerprint density at radius 2 is 1.74 bits per heavy atom. The Morgan fingerprint density at radius 3 is 2.44 bits per heavy atom. The molecule has 0 radical (unpaired) electrons. The molecule has 1 aliphatic carbocycles. The number of aromatic nitrogens is 1. The number of hydrogen-bond acceptors (Lipinski definition) is 4. The lowest BCUT2D eigenvalue weighted by Gasteiger charge is -2.37. The van der Waals surface area contributed by atoms with Crippen molar-refractivity contribution < 1.29 is 18.4 Å². The van der Waals surface area contributed by atoms with Gasteiger partial charge in [0, 0.05) is 63.0 Å². The second-order valence-electron chi connectivity index (χ2n) is 9.44. The second kappa shape index (κ2) is 9.16. The lowest BCUT2D eigenvalue weighted by atomic mass is 9.90. The summed E-state index contributed by atoms with van der Waals surface area (Å²) in [7, 11) is 0. The molecule has 1 aromatic heterocycles. The zero-order valence-electron chi connectivity index (χ0n) is 19.0. The molecule has 3 heterocycles. The number of anilines is 1. The average Bonchev–Trinajstić information content (AvgIpc) is 3.57. The van der Waals surface area contributed by atoms with Crippen molar-refractivity contribution in [3.63, 3.8) is 0 Å². The number of amides is 2. The fourth-order valence-electron chi connectivity index (χ4n) is 5.25. The van der Waals surface area contributed by atoms with Gasteiger partial charge in [-0.3, -0.25) is 9.59 Å². The smallest absolute Gasteiger partial charge is 0.246 e. The predicted molar refractivity (Wildman–Crippen MR) is 125 cm³/mol. The van der Waals surface area contributed by atoms with Gasteiger partial charge in [-0.05, 0) is 61.1 Å². The molecule has 2 aliphatic heterocycles. The van der Waals surface area contributed by atoms with Gasteiger partial charge in [-0.25, -0.2) is 13.8 Å². The minimum atomic E-state index is -0.566. The van der Waals surface area contributed by atoms with E-state index in [9.17, 15) is 18.4 Å². The summed E-state index contributed by atoms with van der Waals surface area (Å²) in [5, 5.41) is 0. The number of piperidine rings is 1. The van der Waals surface area contributed by atoms with Crippen LogP contribution in [0.2, 0.25) is 0 Å². The van der Waals surface area contributed by atoms with Crippen molar-refractivity contribution in [2.24, 2.45) is 11.3 Å². The van der Waals surface area contributed by atoms with Crippen molar-refractivity contribution in [1.82, 2.24) is 14.8 Å². The van der Waals surface area contributed by atoms with Crippen LogP contribution in [0.4, 0.5) is 14.6 Å². The van der Waals surface area contributed by atoms with Crippen molar-refractivity contribution in [3.8, 4) is 0 Å². The van der Waals surface area contributed by atoms with E-state index in [-0.39, 0.29) is 28.7 Å². The molecule has 3 aliphatic rings. The third-order valence-corrected chi connectivity index (χ3v) is 7.49. The molecule has 8 heteroatoms. The lowest BCUT2D eigenvalue weighted by Crippen LogP contribution is -2.50. The first kappa shape index (κ1) is 22.5. The van der Waals surface area contributed by atoms with E-state index in [4.69, 9.17) is 0 Å². The highest BCUT2D eigenvalue weighted by Gasteiger charge is 2.59. The van der Waals surface area contributed by atoms with Crippen LogP contribution in [0.1, 0.15) is 24.8 Å². The topological polar surface area (TPSA) is 56.8 Å². The molecule has 0 N–H and O–H groups in total. The van der Waals surface area contributed by atoms with Crippen molar-refractivity contribution in [2.45, 2.75) is 19.3 Å². The van der Waals surface area contributed by atoms with E-state index in [1.54, 1.807) is 11.1 Å². The molecule has 5 rings (SSSR count). The number of pyridine rings is 1. The first-order valence-electron chi connectivity index (χ1n) is 11.8. The van der Waals surface area contributed by atoms with Gasteiger partial charge in [-0.15, -0.1) is 0 Å². The Kier molecular flexibility index (Phi) is 6.06. The van der Waals surface area contributed by atoms with E-state index < -0.39 is 11.6 Å². The zero-order chi connectivity index (χ0) is 23.7. The summed E-state index contributed by atoms with van der Waals surface area (Å²) in [6.45, 7) is 4.12. The SMILES string of the molecule is O=C(/C=C/c1cc(F)ccc1F)N1CCC2(CC1)CC2C(=O)N1CCN(c2ccccn2)CC1. The third-order valence-electron chi connectivity index (χ3n) is 7.49. The maximum Gasteiger partial charge on any atom is 0.246 e. The van der Waals surface area contributed by atoms with Crippen LogP contribution in [0.25, 0.3) is 6.08 Å². The third kappa shape index (κ3) is 4.54. The van der Waals surface area contributed by atoms with E-state index in [0.717, 1.165) is 56.4 Å². The highest BCUT2D eigenvalue weighted by molar-refractivity contribution is 5.92. The van der Waals surface area contributed by atoms with E-state index >= 15 is 0 Å². The number of likely N-dealkylation sites (tertiary alicyclic amines) is 1. The maximum absolute atomic E-state index is 13.8. The van der Waals surface area contributed by atoms with Crippen molar-refractivity contribution in [2.75, 3.05) is 44.2 Å². The fourth-order valence-corrected chi connectivity index (χ4v) is 5.25. The van der Waals surface area contributed by atoms with E-state index in [0.29, 0.717) is 26.2 Å². The molecule has 6 nitrogen and oxygen atoms in total. The molecule has 0 bridgehead atoms. The fraction of sp³-hybridized carbons (Fsp3) is 0.423. The van der Waals surface area contributed by atoms with Crippen molar-refractivity contribution >= 4 is 23.7 Å². The number of carbonyl (C=O) groups is 2. The molecule has 2 saturated heterocycles. The normalized spacial score (nSPS) is 21.8. The van der Waals surface area contributed by atoms with Gasteiger partial charge in [0.15, 0.2) is 0 Å². The lowest BCUT2D eigenvalue weighted by molar-refractivity contribution is -0.134. The quantitative estimate of drug-likeness (QED) is 0.649. The summed E-state index contributed by atoms with van der Waals surface area (Å²) in [6.07, 6.45) is 6.88. The van der Waals surface area contributed by atoms with Gasteiger partial charge in [0.2, 0.25) is 11.8 Å². The standard InChI is InChI=1S/C26H28F2N4O2/c27-20-5-6-22(28)19(17-20)4-7-24(33)31-11-8-26(9-12-31)18-21(26)25(34)32-15-13-30(14-16-32)23-3-1-2-10-29-23/h1-7,10,17,21H,8-9,11-16,18H2/b7-4+. The van der Waals surface area contributed by atoms with Crippen LogP contribution in [-0.4, -0.2) is 65.9 Å². The van der Waals surface area contributed by atoms with Crippen LogP contribution in [0.3, 0.4) is 0 Å². The first-order valence-corrected chi connectivity index (χ1v) is 11.8.